The Hall–Kier alpha value is -2.21. The summed E-state index contributed by atoms with van der Waals surface area (Å²) in [5.41, 5.74) is 0.684. The fourth-order valence-corrected chi connectivity index (χ4v) is 2.22. The Kier molecular flexibility index (Phi) is 4.61. The maximum absolute atomic E-state index is 12.5. The van der Waals surface area contributed by atoms with Crippen LogP contribution in [0.15, 0.2) is 53.0 Å². The second-order valence-electron chi connectivity index (χ2n) is 5.39. The highest BCUT2D eigenvalue weighted by atomic mass is 79.9. The summed E-state index contributed by atoms with van der Waals surface area (Å²) in [6.45, 7) is 3.66. The molecule has 114 valence electrons. The zero-order valence-corrected chi connectivity index (χ0v) is 13.8. The lowest BCUT2D eigenvalue weighted by atomic mass is 9.83. The molecule has 22 heavy (non-hydrogen) atoms. The van der Waals surface area contributed by atoms with E-state index in [1.165, 1.54) is 24.3 Å². The van der Waals surface area contributed by atoms with Crippen LogP contribution in [0.1, 0.15) is 19.4 Å². The fraction of sp³-hybridized carbons (Fsp3) is 0.188. The number of non-ortho nitro benzene ring substituents is 1. The first kappa shape index (κ1) is 16.2. The summed E-state index contributed by atoms with van der Waals surface area (Å²) in [7, 11) is 0. The molecule has 0 aliphatic carbocycles. The van der Waals surface area contributed by atoms with Crippen molar-refractivity contribution in [1.82, 2.24) is 0 Å². The summed E-state index contributed by atoms with van der Waals surface area (Å²) in [6.07, 6.45) is 0. The first-order chi connectivity index (χ1) is 10.3. The zero-order valence-electron chi connectivity index (χ0n) is 12.2. The molecule has 2 aromatic carbocycles. The molecule has 5 nitrogen and oxygen atoms in total. The molecule has 1 N–H and O–H groups in total. The second kappa shape index (κ2) is 6.27. The van der Waals surface area contributed by atoms with Crippen molar-refractivity contribution in [2.24, 2.45) is 0 Å². The Labute approximate surface area is 136 Å². The minimum absolute atomic E-state index is 0.00910. The van der Waals surface area contributed by atoms with Gasteiger partial charge in [-0.2, -0.15) is 0 Å². The number of carbonyl (C=O) groups is 1. The third kappa shape index (κ3) is 3.51. The number of halogens is 1. The minimum Gasteiger partial charge on any atom is -0.325 e. The lowest BCUT2D eigenvalue weighted by Crippen LogP contribution is -2.34. The lowest BCUT2D eigenvalue weighted by Gasteiger charge is -2.24. The highest BCUT2D eigenvalue weighted by Gasteiger charge is 2.29. The van der Waals surface area contributed by atoms with E-state index < -0.39 is 10.3 Å². The molecule has 2 aromatic rings. The van der Waals surface area contributed by atoms with Crippen molar-refractivity contribution in [3.63, 3.8) is 0 Å². The van der Waals surface area contributed by atoms with E-state index in [9.17, 15) is 14.9 Å². The molecule has 0 bridgehead atoms. The first-order valence-corrected chi connectivity index (χ1v) is 7.42. The van der Waals surface area contributed by atoms with E-state index in [0.29, 0.717) is 5.69 Å². The second-order valence-corrected chi connectivity index (χ2v) is 6.31. The van der Waals surface area contributed by atoms with Crippen LogP contribution in [0.2, 0.25) is 0 Å². The summed E-state index contributed by atoms with van der Waals surface area (Å²) in [6, 6.07) is 13.3. The van der Waals surface area contributed by atoms with E-state index in [4.69, 9.17) is 0 Å². The van der Waals surface area contributed by atoms with Gasteiger partial charge in [0.1, 0.15) is 0 Å². The van der Waals surface area contributed by atoms with Gasteiger partial charge in [0.2, 0.25) is 5.91 Å². The molecule has 0 heterocycles. The maximum Gasteiger partial charge on any atom is 0.269 e. The van der Waals surface area contributed by atoms with Crippen LogP contribution >= 0.6 is 15.9 Å². The predicted octanol–water partition coefficient (Wildman–Crippen LogP) is 4.27. The minimum atomic E-state index is -0.720. The Balaban J connectivity index is 2.16. The number of benzene rings is 2. The number of anilines is 1. The van der Waals surface area contributed by atoms with Crippen molar-refractivity contribution in [3.05, 3.63) is 68.7 Å². The van der Waals surface area contributed by atoms with Crippen LogP contribution in [-0.2, 0) is 10.2 Å². The highest BCUT2D eigenvalue weighted by molar-refractivity contribution is 9.10. The zero-order chi connectivity index (χ0) is 16.3. The summed E-state index contributed by atoms with van der Waals surface area (Å²) < 4.78 is 0.947. The lowest BCUT2D eigenvalue weighted by molar-refractivity contribution is -0.384. The molecular weight excluding hydrogens is 348 g/mol. The molecule has 6 heteroatoms. The summed E-state index contributed by atoms with van der Waals surface area (Å²) in [5, 5.41) is 13.4. The van der Waals surface area contributed by atoms with Gasteiger partial charge in [0.05, 0.1) is 10.3 Å². The van der Waals surface area contributed by atoms with Crippen LogP contribution in [0, 0.1) is 10.1 Å². The van der Waals surface area contributed by atoms with E-state index in [0.717, 1.165) is 10.0 Å². The van der Waals surface area contributed by atoms with Gasteiger partial charge in [0.25, 0.3) is 5.69 Å². The van der Waals surface area contributed by atoms with E-state index >= 15 is 0 Å². The number of hydrogen-bond donors (Lipinski definition) is 1. The molecule has 0 saturated heterocycles. The Morgan fingerprint density at radius 3 is 2.14 bits per heavy atom. The van der Waals surface area contributed by atoms with Crippen LogP contribution in [0.3, 0.4) is 0 Å². The van der Waals surface area contributed by atoms with Gasteiger partial charge in [-0.3, -0.25) is 14.9 Å². The van der Waals surface area contributed by atoms with Gasteiger partial charge < -0.3 is 5.32 Å². The number of carbonyl (C=O) groups excluding carboxylic acids is 1. The Bertz CT molecular complexity index is 694. The number of nitro groups is 1. The van der Waals surface area contributed by atoms with Gasteiger partial charge in [0, 0.05) is 22.3 Å². The molecule has 0 saturated carbocycles. The van der Waals surface area contributed by atoms with Crippen molar-refractivity contribution >= 4 is 33.2 Å². The third-order valence-electron chi connectivity index (χ3n) is 3.47. The number of amides is 1. The molecule has 0 radical (unpaired) electrons. The third-order valence-corrected chi connectivity index (χ3v) is 4.00. The van der Waals surface area contributed by atoms with Crippen molar-refractivity contribution in [2.75, 3.05) is 5.32 Å². The van der Waals surface area contributed by atoms with Crippen LogP contribution in [0.5, 0.6) is 0 Å². The molecule has 2 rings (SSSR count). The predicted molar refractivity (Wildman–Crippen MR) is 88.9 cm³/mol. The molecule has 0 spiro atoms. The van der Waals surface area contributed by atoms with Crippen molar-refractivity contribution < 1.29 is 9.72 Å². The van der Waals surface area contributed by atoms with E-state index in [-0.39, 0.29) is 11.6 Å². The van der Waals surface area contributed by atoms with Crippen LogP contribution < -0.4 is 5.32 Å². The molecule has 0 fully saturated rings. The molecule has 0 aromatic heterocycles. The molecule has 0 aliphatic heterocycles. The SMILES string of the molecule is CC(C)(C(=O)Nc1ccc([N+](=O)[O-])cc1)c1ccc(Br)cc1. The van der Waals surface area contributed by atoms with Gasteiger partial charge in [-0.15, -0.1) is 0 Å². The van der Waals surface area contributed by atoms with Crippen LogP contribution in [0.4, 0.5) is 11.4 Å². The van der Waals surface area contributed by atoms with Crippen molar-refractivity contribution in [1.29, 1.82) is 0 Å². The van der Waals surface area contributed by atoms with Gasteiger partial charge in [0.15, 0.2) is 0 Å². The van der Waals surface area contributed by atoms with Gasteiger partial charge >= 0.3 is 0 Å². The largest absolute Gasteiger partial charge is 0.325 e. The molecular formula is C16H15BrN2O3. The number of rotatable bonds is 4. The van der Waals surface area contributed by atoms with E-state index in [1.807, 2.05) is 38.1 Å². The quantitative estimate of drug-likeness (QED) is 0.651. The van der Waals surface area contributed by atoms with Crippen LogP contribution in [-0.4, -0.2) is 10.8 Å². The average molecular weight is 363 g/mol. The summed E-state index contributed by atoms with van der Waals surface area (Å²) in [5.74, 6) is -0.177. The van der Waals surface area contributed by atoms with Crippen molar-refractivity contribution in [3.8, 4) is 0 Å². The number of hydrogen-bond acceptors (Lipinski definition) is 3. The highest BCUT2D eigenvalue weighted by Crippen LogP contribution is 2.27. The molecule has 0 atom stereocenters. The first-order valence-electron chi connectivity index (χ1n) is 6.62. The van der Waals surface area contributed by atoms with Gasteiger partial charge in [-0.05, 0) is 43.7 Å². The number of nitrogens with one attached hydrogen (secondary N) is 1. The summed E-state index contributed by atoms with van der Waals surface area (Å²) in [4.78, 5) is 22.6. The smallest absolute Gasteiger partial charge is 0.269 e. The molecule has 0 aliphatic rings. The normalized spacial score (nSPS) is 11.0. The topological polar surface area (TPSA) is 72.2 Å². The monoisotopic (exact) mass is 362 g/mol. The van der Waals surface area contributed by atoms with Crippen molar-refractivity contribution in [2.45, 2.75) is 19.3 Å². The van der Waals surface area contributed by atoms with Crippen LogP contribution in [0.25, 0.3) is 0 Å². The summed E-state index contributed by atoms with van der Waals surface area (Å²) >= 11 is 3.37. The number of nitrogens with zero attached hydrogens (tertiary/aromatic N) is 1. The van der Waals surface area contributed by atoms with Gasteiger partial charge in [-0.1, -0.05) is 28.1 Å². The maximum atomic E-state index is 12.5. The van der Waals surface area contributed by atoms with Gasteiger partial charge in [-0.25, -0.2) is 0 Å². The molecule has 0 unspecified atom stereocenters. The van der Waals surface area contributed by atoms with E-state index in [2.05, 4.69) is 21.2 Å². The standard InChI is InChI=1S/C16H15BrN2O3/c1-16(2,11-3-5-12(17)6-4-11)15(20)18-13-7-9-14(10-8-13)19(21)22/h3-10H,1-2H3,(H,18,20). The Morgan fingerprint density at radius 1 is 1.09 bits per heavy atom. The fourth-order valence-electron chi connectivity index (χ4n) is 1.95. The average Bonchev–Trinajstić information content (AvgIpc) is 2.48. The number of nitro benzene ring substituents is 1. The molecule has 1 amide bonds. The van der Waals surface area contributed by atoms with E-state index in [1.54, 1.807) is 0 Å². The Morgan fingerprint density at radius 2 is 1.64 bits per heavy atom.